The molecule has 0 spiro atoms. The molecule has 1 aromatic carbocycles. The number of rotatable bonds is 4. The quantitative estimate of drug-likeness (QED) is 0.646. The molecule has 0 saturated carbocycles. The molecule has 1 heterocycles. The normalized spacial score (nSPS) is 16.0. The summed E-state index contributed by atoms with van der Waals surface area (Å²) in [6, 6.07) is 4.16. The smallest absolute Gasteiger partial charge is 0.254 e. The molecule has 7 nitrogen and oxygen atoms in total. The van der Waals surface area contributed by atoms with Crippen molar-refractivity contribution in [2.45, 2.75) is 0 Å². The zero-order valence-corrected chi connectivity index (χ0v) is 11.6. The maximum atomic E-state index is 12.4. The van der Waals surface area contributed by atoms with Gasteiger partial charge in [-0.25, -0.2) is 0 Å². The Kier molecular flexibility index (Phi) is 4.77. The molecule has 0 aliphatic carbocycles. The van der Waals surface area contributed by atoms with Gasteiger partial charge in [-0.1, -0.05) is 0 Å². The van der Waals surface area contributed by atoms with Gasteiger partial charge in [-0.3, -0.25) is 9.69 Å². The van der Waals surface area contributed by atoms with E-state index in [2.05, 4.69) is 0 Å². The van der Waals surface area contributed by atoms with Crippen molar-refractivity contribution in [3.05, 3.63) is 29.3 Å². The fourth-order valence-electron chi connectivity index (χ4n) is 2.40. The van der Waals surface area contributed by atoms with E-state index >= 15 is 0 Å². The first kappa shape index (κ1) is 15.3. The Bertz CT molecular complexity index is 539. The van der Waals surface area contributed by atoms with E-state index in [0.717, 1.165) is 0 Å². The number of β-amino-alcohol motifs (C(OH)–C–C–N with tert-alkyl or cyclic N) is 1. The number of aromatic carboxylic acids is 1. The van der Waals surface area contributed by atoms with E-state index in [0.29, 0.717) is 32.7 Å². The third kappa shape index (κ3) is 3.50. The number of nitrogens with zero attached hydrogens (tertiary/aromatic N) is 2. The van der Waals surface area contributed by atoms with Crippen LogP contribution in [0.3, 0.4) is 0 Å². The number of amides is 1. The summed E-state index contributed by atoms with van der Waals surface area (Å²) in [7, 11) is 0. The van der Waals surface area contributed by atoms with Crippen molar-refractivity contribution < 1.29 is 19.8 Å². The highest BCUT2D eigenvalue weighted by molar-refractivity contribution is 6.04. The van der Waals surface area contributed by atoms with Crippen LogP contribution in [-0.2, 0) is 0 Å². The Morgan fingerprint density at radius 1 is 1.19 bits per heavy atom. The Hall–Kier alpha value is -2.12. The summed E-state index contributed by atoms with van der Waals surface area (Å²) in [6.45, 7) is 2.96. The number of hydrogen-bond acceptors (Lipinski definition) is 6. The van der Waals surface area contributed by atoms with Gasteiger partial charge in [0.1, 0.15) is 0 Å². The Balaban J connectivity index is 2.13. The van der Waals surface area contributed by atoms with Gasteiger partial charge in [-0.05, 0) is 18.2 Å². The van der Waals surface area contributed by atoms with Crippen LogP contribution in [0.15, 0.2) is 18.2 Å². The average Bonchev–Trinajstić information content (AvgIpc) is 2.47. The number of aliphatic hydroxyl groups is 1. The van der Waals surface area contributed by atoms with Gasteiger partial charge in [0, 0.05) is 49.5 Å². The summed E-state index contributed by atoms with van der Waals surface area (Å²) in [4.78, 5) is 27.2. The molecule has 1 aromatic rings. The number of carbonyl (C=O) groups is 2. The average molecular weight is 292 g/mol. The van der Waals surface area contributed by atoms with E-state index in [-0.39, 0.29) is 29.3 Å². The molecule has 21 heavy (non-hydrogen) atoms. The third-order valence-electron chi connectivity index (χ3n) is 3.57. The maximum Gasteiger partial charge on any atom is 0.254 e. The predicted molar refractivity (Wildman–Crippen MR) is 74.6 cm³/mol. The summed E-state index contributed by atoms with van der Waals surface area (Å²) >= 11 is 0. The Morgan fingerprint density at radius 2 is 1.86 bits per heavy atom. The molecule has 1 aliphatic rings. The fraction of sp³-hybridized carbons (Fsp3) is 0.429. The number of anilines is 1. The van der Waals surface area contributed by atoms with E-state index in [4.69, 9.17) is 10.8 Å². The second kappa shape index (κ2) is 6.55. The molecule has 3 N–H and O–H groups in total. The van der Waals surface area contributed by atoms with E-state index in [1.54, 1.807) is 4.90 Å². The molecular weight excluding hydrogens is 274 g/mol. The van der Waals surface area contributed by atoms with Crippen LogP contribution >= 0.6 is 0 Å². The first-order chi connectivity index (χ1) is 10.0. The lowest BCUT2D eigenvalue weighted by atomic mass is 10.0. The molecule has 1 amide bonds. The van der Waals surface area contributed by atoms with Crippen molar-refractivity contribution in [1.29, 1.82) is 0 Å². The number of carboxylic acids is 1. The number of hydrogen-bond donors (Lipinski definition) is 2. The SMILES string of the molecule is Nc1ccc(C(=O)N2CCN(CCO)CC2)c(C(=O)[O-])c1. The second-order valence-corrected chi connectivity index (χ2v) is 4.95. The van der Waals surface area contributed by atoms with Crippen LogP contribution in [0.2, 0.25) is 0 Å². The van der Waals surface area contributed by atoms with Crippen LogP contribution in [0.4, 0.5) is 5.69 Å². The summed E-state index contributed by atoms with van der Waals surface area (Å²) in [6.07, 6.45) is 0. The van der Waals surface area contributed by atoms with Gasteiger partial charge in [0.2, 0.25) is 0 Å². The van der Waals surface area contributed by atoms with Crippen LogP contribution in [0, 0.1) is 0 Å². The Labute approximate surface area is 122 Å². The zero-order valence-electron chi connectivity index (χ0n) is 11.6. The van der Waals surface area contributed by atoms with E-state index < -0.39 is 5.97 Å². The molecule has 0 radical (unpaired) electrons. The number of carboxylic acid groups (broad SMARTS) is 1. The topological polar surface area (TPSA) is 110 Å². The van der Waals surface area contributed by atoms with Gasteiger partial charge in [-0.2, -0.15) is 0 Å². The minimum atomic E-state index is -1.41. The number of aliphatic hydroxyl groups excluding tert-OH is 1. The lowest BCUT2D eigenvalue weighted by molar-refractivity contribution is -0.255. The van der Waals surface area contributed by atoms with Gasteiger partial charge in [0.15, 0.2) is 0 Å². The van der Waals surface area contributed by atoms with Gasteiger partial charge in [-0.15, -0.1) is 0 Å². The van der Waals surface area contributed by atoms with Gasteiger partial charge in [0.05, 0.1) is 12.6 Å². The number of benzene rings is 1. The molecule has 0 atom stereocenters. The molecule has 1 fully saturated rings. The highest BCUT2D eigenvalue weighted by Crippen LogP contribution is 2.16. The first-order valence-corrected chi connectivity index (χ1v) is 6.76. The summed E-state index contributed by atoms with van der Waals surface area (Å²) < 4.78 is 0. The molecule has 2 rings (SSSR count). The molecule has 0 unspecified atom stereocenters. The van der Waals surface area contributed by atoms with Crippen molar-refractivity contribution in [3.63, 3.8) is 0 Å². The maximum absolute atomic E-state index is 12.4. The van der Waals surface area contributed by atoms with Crippen molar-refractivity contribution in [2.24, 2.45) is 0 Å². The van der Waals surface area contributed by atoms with Crippen molar-refractivity contribution in [2.75, 3.05) is 45.1 Å². The number of carbonyl (C=O) groups excluding carboxylic acids is 2. The summed E-state index contributed by atoms with van der Waals surface area (Å²) in [5.74, 6) is -1.75. The van der Waals surface area contributed by atoms with E-state index in [1.165, 1.54) is 18.2 Å². The van der Waals surface area contributed by atoms with Crippen LogP contribution in [0.1, 0.15) is 20.7 Å². The second-order valence-electron chi connectivity index (χ2n) is 4.95. The monoisotopic (exact) mass is 292 g/mol. The highest BCUT2D eigenvalue weighted by Gasteiger charge is 2.23. The number of nitrogen functional groups attached to an aromatic ring is 1. The summed E-state index contributed by atoms with van der Waals surface area (Å²) in [5, 5.41) is 20.0. The van der Waals surface area contributed by atoms with E-state index in [1.807, 2.05) is 4.90 Å². The van der Waals surface area contributed by atoms with Crippen LogP contribution in [0.5, 0.6) is 0 Å². The minimum Gasteiger partial charge on any atom is -0.545 e. The van der Waals surface area contributed by atoms with Gasteiger partial charge < -0.3 is 25.6 Å². The zero-order chi connectivity index (χ0) is 15.4. The molecule has 114 valence electrons. The fourth-order valence-corrected chi connectivity index (χ4v) is 2.40. The van der Waals surface area contributed by atoms with Crippen LogP contribution in [0.25, 0.3) is 0 Å². The number of piperazine rings is 1. The molecule has 7 heteroatoms. The lowest BCUT2D eigenvalue weighted by Crippen LogP contribution is -2.49. The molecule has 0 aromatic heterocycles. The van der Waals surface area contributed by atoms with Crippen molar-refractivity contribution in [1.82, 2.24) is 9.80 Å². The lowest BCUT2D eigenvalue weighted by Gasteiger charge is -2.34. The van der Waals surface area contributed by atoms with Crippen molar-refractivity contribution >= 4 is 17.6 Å². The van der Waals surface area contributed by atoms with Crippen molar-refractivity contribution in [3.8, 4) is 0 Å². The van der Waals surface area contributed by atoms with Crippen LogP contribution < -0.4 is 10.8 Å². The molecule has 1 aliphatic heterocycles. The highest BCUT2D eigenvalue weighted by atomic mass is 16.4. The molecule has 1 saturated heterocycles. The Morgan fingerprint density at radius 3 is 2.43 bits per heavy atom. The van der Waals surface area contributed by atoms with Gasteiger partial charge in [0.25, 0.3) is 5.91 Å². The van der Waals surface area contributed by atoms with E-state index in [9.17, 15) is 14.7 Å². The van der Waals surface area contributed by atoms with Gasteiger partial charge >= 0.3 is 0 Å². The number of nitrogens with two attached hydrogens (primary N) is 1. The predicted octanol–water partition coefficient (Wildman–Crippen LogP) is -1.62. The molecule has 0 bridgehead atoms. The minimum absolute atomic E-state index is 0.0841. The largest absolute Gasteiger partial charge is 0.545 e. The van der Waals surface area contributed by atoms with Crippen LogP contribution in [-0.4, -0.2) is 66.1 Å². The standard InChI is InChI=1S/C14H19N3O4/c15-10-1-2-11(12(9-10)14(20)21)13(19)17-5-3-16(4-6-17)7-8-18/h1-2,9,18H,3-8,15H2,(H,20,21)/p-1. The first-order valence-electron chi connectivity index (χ1n) is 6.76. The molecular formula is C14H18N3O4-. The third-order valence-corrected chi connectivity index (χ3v) is 3.57. The summed E-state index contributed by atoms with van der Waals surface area (Å²) in [5.41, 5.74) is 5.74.